The molecule has 0 atom stereocenters. The van der Waals surface area contributed by atoms with Crippen LogP contribution in [0.1, 0.15) is 29.8 Å². The summed E-state index contributed by atoms with van der Waals surface area (Å²) in [7, 11) is 0. The fourth-order valence-electron chi connectivity index (χ4n) is 1.84. The van der Waals surface area contributed by atoms with E-state index in [0.717, 1.165) is 13.1 Å². The highest BCUT2D eigenvalue weighted by Crippen LogP contribution is 2.10. The molecule has 0 spiro atoms. The highest BCUT2D eigenvalue weighted by molar-refractivity contribution is 5.94. The maximum Gasteiger partial charge on any atom is 0.211 e. The summed E-state index contributed by atoms with van der Waals surface area (Å²) in [6.45, 7) is 2.60. The van der Waals surface area contributed by atoms with Crippen molar-refractivity contribution in [3.8, 4) is 0 Å². The lowest BCUT2D eigenvalue weighted by atomic mass is 10.1. The molecule has 0 radical (unpaired) electrons. The minimum atomic E-state index is 0.0944. The molecule has 0 unspecified atom stereocenters. The summed E-state index contributed by atoms with van der Waals surface area (Å²) in [5, 5.41) is 0. The van der Waals surface area contributed by atoms with Gasteiger partial charge in [-0.15, -0.1) is 0 Å². The Labute approximate surface area is 83.7 Å². The molecule has 1 saturated heterocycles. The average Bonchev–Trinajstić information content (AvgIpc) is 2.72. The molecular weight excluding hydrogens is 178 g/mol. The molecule has 3 heteroatoms. The minimum absolute atomic E-state index is 0.0944. The van der Waals surface area contributed by atoms with Gasteiger partial charge in [0, 0.05) is 0 Å². The van der Waals surface area contributed by atoms with Crippen molar-refractivity contribution in [1.29, 1.82) is 0 Å². The third-order valence-electron chi connectivity index (χ3n) is 2.61. The molecule has 0 aliphatic carbocycles. The van der Waals surface area contributed by atoms with Crippen LogP contribution in [0.25, 0.3) is 0 Å². The molecule has 76 valence electrons. The average molecular weight is 193 g/mol. The van der Waals surface area contributed by atoms with Gasteiger partial charge in [-0.3, -0.25) is 9.69 Å². The standard InChI is InChI=1S/C11H15NO2/c13-10(11-5-4-8-14-11)9-12-6-2-1-3-7-12/h4-5,8H,1-3,6-7,9H2. The molecule has 3 nitrogen and oxygen atoms in total. The van der Waals surface area contributed by atoms with E-state index in [2.05, 4.69) is 4.90 Å². The minimum Gasteiger partial charge on any atom is -0.461 e. The number of furan rings is 1. The quantitative estimate of drug-likeness (QED) is 0.688. The van der Waals surface area contributed by atoms with Crippen molar-refractivity contribution in [3.05, 3.63) is 24.2 Å². The fourth-order valence-corrected chi connectivity index (χ4v) is 1.84. The highest BCUT2D eigenvalue weighted by Gasteiger charge is 2.16. The van der Waals surface area contributed by atoms with Gasteiger partial charge in [0.15, 0.2) is 5.76 Å². The largest absolute Gasteiger partial charge is 0.461 e. The Kier molecular flexibility index (Phi) is 2.99. The number of carbonyl (C=O) groups excluding carboxylic acids is 1. The Morgan fingerprint density at radius 2 is 2.14 bits per heavy atom. The lowest BCUT2D eigenvalue weighted by molar-refractivity contribution is 0.0888. The summed E-state index contributed by atoms with van der Waals surface area (Å²) < 4.78 is 5.06. The van der Waals surface area contributed by atoms with Gasteiger partial charge < -0.3 is 4.42 Å². The molecule has 1 fully saturated rings. The smallest absolute Gasteiger partial charge is 0.211 e. The zero-order valence-electron chi connectivity index (χ0n) is 8.24. The second kappa shape index (κ2) is 4.42. The zero-order valence-corrected chi connectivity index (χ0v) is 8.24. The molecule has 0 N–H and O–H groups in total. The van der Waals surface area contributed by atoms with Gasteiger partial charge in [0.25, 0.3) is 0 Å². The highest BCUT2D eigenvalue weighted by atomic mass is 16.3. The molecule has 2 rings (SSSR count). The van der Waals surface area contributed by atoms with Gasteiger partial charge in [0.05, 0.1) is 12.8 Å². The molecule has 0 saturated carbocycles. The number of rotatable bonds is 3. The summed E-state index contributed by atoms with van der Waals surface area (Å²) in [4.78, 5) is 13.8. The number of likely N-dealkylation sites (tertiary alicyclic amines) is 1. The molecule has 0 amide bonds. The van der Waals surface area contributed by atoms with Crippen molar-refractivity contribution < 1.29 is 9.21 Å². The number of carbonyl (C=O) groups is 1. The van der Waals surface area contributed by atoms with Crippen molar-refractivity contribution in [2.75, 3.05) is 19.6 Å². The van der Waals surface area contributed by atoms with Gasteiger partial charge in [0.1, 0.15) is 0 Å². The molecule has 1 aromatic rings. The maximum absolute atomic E-state index is 11.6. The van der Waals surface area contributed by atoms with Crippen LogP contribution in [0.5, 0.6) is 0 Å². The van der Waals surface area contributed by atoms with Crippen LogP contribution < -0.4 is 0 Å². The first kappa shape index (κ1) is 9.46. The Bertz CT molecular complexity index is 286. The van der Waals surface area contributed by atoms with Crippen molar-refractivity contribution in [2.45, 2.75) is 19.3 Å². The first-order chi connectivity index (χ1) is 6.86. The Morgan fingerprint density at radius 3 is 2.79 bits per heavy atom. The van der Waals surface area contributed by atoms with Crippen molar-refractivity contribution in [3.63, 3.8) is 0 Å². The number of hydrogen-bond acceptors (Lipinski definition) is 3. The second-order valence-electron chi connectivity index (χ2n) is 3.74. The Balaban J connectivity index is 1.87. The van der Waals surface area contributed by atoms with Crippen LogP contribution in [0.3, 0.4) is 0 Å². The van der Waals surface area contributed by atoms with E-state index in [-0.39, 0.29) is 5.78 Å². The first-order valence-corrected chi connectivity index (χ1v) is 5.15. The number of piperidine rings is 1. The summed E-state index contributed by atoms with van der Waals surface area (Å²) >= 11 is 0. The Morgan fingerprint density at radius 1 is 1.36 bits per heavy atom. The van der Waals surface area contributed by atoms with E-state index < -0.39 is 0 Å². The zero-order chi connectivity index (χ0) is 9.80. The molecule has 1 aliphatic heterocycles. The van der Waals surface area contributed by atoms with E-state index in [9.17, 15) is 4.79 Å². The van der Waals surface area contributed by atoms with Crippen LogP contribution in [0, 0.1) is 0 Å². The van der Waals surface area contributed by atoms with E-state index in [1.54, 1.807) is 18.4 Å². The number of hydrogen-bond donors (Lipinski definition) is 0. The van der Waals surface area contributed by atoms with Crippen LogP contribution in [-0.4, -0.2) is 30.3 Å². The van der Waals surface area contributed by atoms with Gasteiger partial charge >= 0.3 is 0 Å². The topological polar surface area (TPSA) is 33.5 Å². The van der Waals surface area contributed by atoms with Gasteiger partial charge in [-0.1, -0.05) is 6.42 Å². The SMILES string of the molecule is O=C(CN1CCCCC1)c1ccco1. The van der Waals surface area contributed by atoms with Crippen molar-refractivity contribution in [2.24, 2.45) is 0 Å². The first-order valence-electron chi connectivity index (χ1n) is 5.15. The molecule has 14 heavy (non-hydrogen) atoms. The van der Waals surface area contributed by atoms with Crippen LogP contribution in [0.4, 0.5) is 0 Å². The normalized spacial score (nSPS) is 18.3. The van der Waals surface area contributed by atoms with Gasteiger partial charge in [0.2, 0.25) is 5.78 Å². The number of nitrogens with zero attached hydrogens (tertiary/aromatic N) is 1. The van der Waals surface area contributed by atoms with Gasteiger partial charge in [-0.2, -0.15) is 0 Å². The van der Waals surface area contributed by atoms with Crippen LogP contribution in [-0.2, 0) is 0 Å². The summed E-state index contributed by atoms with van der Waals surface area (Å²) in [5.74, 6) is 0.576. The van der Waals surface area contributed by atoms with Crippen LogP contribution >= 0.6 is 0 Å². The van der Waals surface area contributed by atoms with E-state index in [1.165, 1.54) is 19.3 Å². The van der Waals surface area contributed by atoms with E-state index in [4.69, 9.17) is 4.42 Å². The van der Waals surface area contributed by atoms with E-state index in [1.807, 2.05) is 0 Å². The van der Waals surface area contributed by atoms with Crippen LogP contribution in [0.2, 0.25) is 0 Å². The maximum atomic E-state index is 11.6. The predicted octanol–water partition coefficient (Wildman–Crippen LogP) is 1.95. The summed E-state index contributed by atoms with van der Waals surface area (Å²) in [6.07, 6.45) is 5.27. The summed E-state index contributed by atoms with van der Waals surface area (Å²) in [6, 6.07) is 3.48. The molecule has 2 heterocycles. The Hall–Kier alpha value is -1.09. The van der Waals surface area contributed by atoms with E-state index in [0.29, 0.717) is 12.3 Å². The molecule has 1 aliphatic rings. The third-order valence-corrected chi connectivity index (χ3v) is 2.61. The second-order valence-corrected chi connectivity index (χ2v) is 3.74. The molecular formula is C11H15NO2. The monoisotopic (exact) mass is 193 g/mol. The fraction of sp³-hybridized carbons (Fsp3) is 0.545. The van der Waals surface area contributed by atoms with Crippen molar-refractivity contribution >= 4 is 5.78 Å². The predicted molar refractivity (Wildman–Crippen MR) is 53.3 cm³/mol. The number of Topliss-reactive ketones (excluding diaryl/α,β-unsaturated/α-hetero) is 1. The number of ketones is 1. The van der Waals surface area contributed by atoms with Crippen LogP contribution in [0.15, 0.2) is 22.8 Å². The third kappa shape index (κ3) is 2.23. The lowest BCUT2D eigenvalue weighted by Crippen LogP contribution is -2.34. The molecule has 1 aromatic heterocycles. The lowest BCUT2D eigenvalue weighted by Gasteiger charge is -2.25. The summed E-state index contributed by atoms with van der Waals surface area (Å²) in [5.41, 5.74) is 0. The van der Waals surface area contributed by atoms with Crippen molar-refractivity contribution in [1.82, 2.24) is 4.90 Å². The molecule has 0 bridgehead atoms. The van der Waals surface area contributed by atoms with Gasteiger partial charge in [-0.05, 0) is 38.1 Å². The van der Waals surface area contributed by atoms with E-state index >= 15 is 0 Å². The molecule has 0 aromatic carbocycles. The van der Waals surface area contributed by atoms with Gasteiger partial charge in [-0.25, -0.2) is 0 Å².